The Morgan fingerprint density at radius 2 is 2.00 bits per heavy atom. The normalized spacial score (nSPS) is 9.53. The van der Waals surface area contributed by atoms with Gasteiger partial charge in [-0.2, -0.15) is 0 Å². The predicted molar refractivity (Wildman–Crippen MR) is 66.5 cm³/mol. The second kappa shape index (κ2) is 5.30. The zero-order chi connectivity index (χ0) is 11.4. The smallest absolute Gasteiger partial charge is 0.222 e. The van der Waals surface area contributed by atoms with Crippen LogP contribution in [0.3, 0.4) is 0 Å². The summed E-state index contributed by atoms with van der Waals surface area (Å²) in [5.41, 5.74) is 0.670. The number of hydrogen-bond donors (Lipinski definition) is 2. The SMILES string of the molecule is CC(=O)NC(=S)Nc1ccc(Cl)c(Cl)c1. The predicted octanol–water partition coefficient (Wildman–Crippen LogP) is 2.83. The molecule has 1 aromatic rings. The number of thiocarbonyl (C=S) groups is 1. The van der Waals surface area contributed by atoms with Gasteiger partial charge in [0.05, 0.1) is 10.0 Å². The van der Waals surface area contributed by atoms with E-state index in [1.54, 1.807) is 18.2 Å². The second-order valence-corrected chi connectivity index (χ2v) is 3.99. The molecule has 0 heterocycles. The molecule has 15 heavy (non-hydrogen) atoms. The summed E-state index contributed by atoms with van der Waals surface area (Å²) in [4.78, 5) is 10.7. The van der Waals surface area contributed by atoms with E-state index in [0.29, 0.717) is 15.7 Å². The summed E-state index contributed by atoms with van der Waals surface area (Å²) in [5.74, 6) is -0.229. The number of benzene rings is 1. The molecule has 0 aliphatic heterocycles. The number of halogens is 2. The van der Waals surface area contributed by atoms with Crippen molar-refractivity contribution >= 4 is 52.1 Å². The van der Waals surface area contributed by atoms with E-state index in [4.69, 9.17) is 35.4 Å². The molecule has 80 valence electrons. The molecule has 0 radical (unpaired) electrons. The highest BCUT2D eigenvalue weighted by Gasteiger charge is 2.02. The molecule has 1 amide bonds. The van der Waals surface area contributed by atoms with Crippen LogP contribution in [-0.2, 0) is 4.79 Å². The summed E-state index contributed by atoms with van der Waals surface area (Å²) in [6.07, 6.45) is 0. The van der Waals surface area contributed by atoms with Crippen LogP contribution in [0.2, 0.25) is 10.0 Å². The van der Waals surface area contributed by atoms with E-state index in [1.807, 2.05) is 0 Å². The number of anilines is 1. The average molecular weight is 263 g/mol. The van der Waals surface area contributed by atoms with Gasteiger partial charge in [0.25, 0.3) is 0 Å². The van der Waals surface area contributed by atoms with Gasteiger partial charge in [-0.1, -0.05) is 23.2 Å². The standard InChI is InChI=1S/C9H8Cl2N2OS/c1-5(14)12-9(15)13-6-2-3-7(10)8(11)4-6/h2-4H,1H3,(H2,12,13,14,15). The Labute approximate surface area is 103 Å². The number of nitrogens with one attached hydrogen (secondary N) is 2. The van der Waals surface area contributed by atoms with Gasteiger partial charge in [-0.3, -0.25) is 4.79 Å². The molecule has 1 rings (SSSR count). The Morgan fingerprint density at radius 1 is 1.33 bits per heavy atom. The third-order valence-corrected chi connectivity index (χ3v) is 2.41. The van der Waals surface area contributed by atoms with Crippen molar-refractivity contribution in [3.63, 3.8) is 0 Å². The highest BCUT2D eigenvalue weighted by Crippen LogP contribution is 2.24. The van der Waals surface area contributed by atoms with Crippen LogP contribution in [0, 0.1) is 0 Å². The lowest BCUT2D eigenvalue weighted by molar-refractivity contribution is -0.117. The van der Waals surface area contributed by atoms with Crippen molar-refractivity contribution in [2.24, 2.45) is 0 Å². The van der Waals surface area contributed by atoms with Gasteiger partial charge in [-0.25, -0.2) is 0 Å². The van der Waals surface area contributed by atoms with Crippen LogP contribution in [0.15, 0.2) is 18.2 Å². The van der Waals surface area contributed by atoms with Crippen molar-refractivity contribution in [3.05, 3.63) is 28.2 Å². The Kier molecular flexibility index (Phi) is 4.32. The maximum absolute atomic E-state index is 10.7. The summed E-state index contributed by atoms with van der Waals surface area (Å²) in [6.45, 7) is 1.38. The minimum Gasteiger partial charge on any atom is -0.332 e. The van der Waals surface area contributed by atoms with Gasteiger partial charge in [0.2, 0.25) is 5.91 Å². The molecule has 0 aromatic heterocycles. The van der Waals surface area contributed by atoms with E-state index < -0.39 is 0 Å². The third-order valence-electron chi connectivity index (χ3n) is 1.47. The van der Waals surface area contributed by atoms with Gasteiger partial charge in [-0.05, 0) is 30.4 Å². The number of hydrogen-bond acceptors (Lipinski definition) is 2. The maximum atomic E-state index is 10.7. The summed E-state index contributed by atoms with van der Waals surface area (Å²) in [6, 6.07) is 4.98. The largest absolute Gasteiger partial charge is 0.332 e. The molecule has 0 saturated carbocycles. The summed E-state index contributed by atoms with van der Waals surface area (Å²) in [7, 11) is 0. The van der Waals surface area contributed by atoms with Crippen LogP contribution in [0.1, 0.15) is 6.92 Å². The summed E-state index contributed by atoms with van der Waals surface area (Å²) >= 11 is 16.4. The van der Waals surface area contributed by atoms with Crippen molar-refractivity contribution in [1.29, 1.82) is 0 Å². The first-order chi connectivity index (χ1) is 6.99. The van der Waals surface area contributed by atoms with Crippen LogP contribution < -0.4 is 10.6 Å². The molecular weight excluding hydrogens is 255 g/mol. The zero-order valence-corrected chi connectivity index (χ0v) is 10.1. The molecule has 0 atom stereocenters. The molecule has 0 saturated heterocycles. The first-order valence-electron chi connectivity index (χ1n) is 4.02. The Morgan fingerprint density at radius 3 is 2.53 bits per heavy atom. The van der Waals surface area contributed by atoms with Crippen molar-refractivity contribution < 1.29 is 4.79 Å². The zero-order valence-electron chi connectivity index (χ0n) is 7.80. The lowest BCUT2D eigenvalue weighted by atomic mass is 10.3. The monoisotopic (exact) mass is 262 g/mol. The lowest BCUT2D eigenvalue weighted by Crippen LogP contribution is -2.32. The molecule has 0 spiro atoms. The van der Waals surface area contributed by atoms with E-state index >= 15 is 0 Å². The van der Waals surface area contributed by atoms with E-state index in [0.717, 1.165) is 0 Å². The number of carbonyl (C=O) groups is 1. The Bertz CT molecular complexity index is 409. The van der Waals surface area contributed by atoms with Crippen molar-refractivity contribution in [3.8, 4) is 0 Å². The molecule has 1 aromatic carbocycles. The third kappa shape index (κ3) is 4.03. The molecule has 0 aliphatic carbocycles. The fourth-order valence-electron chi connectivity index (χ4n) is 0.896. The van der Waals surface area contributed by atoms with Gasteiger partial charge in [-0.15, -0.1) is 0 Å². The first-order valence-corrected chi connectivity index (χ1v) is 5.19. The molecule has 3 nitrogen and oxygen atoms in total. The molecule has 0 bridgehead atoms. The van der Waals surface area contributed by atoms with Crippen LogP contribution >= 0.6 is 35.4 Å². The number of amides is 1. The highest BCUT2D eigenvalue weighted by atomic mass is 35.5. The topological polar surface area (TPSA) is 41.1 Å². The highest BCUT2D eigenvalue weighted by molar-refractivity contribution is 7.80. The molecular formula is C9H8Cl2N2OS. The van der Waals surface area contributed by atoms with Gasteiger partial charge >= 0.3 is 0 Å². The molecule has 0 fully saturated rings. The fraction of sp³-hybridized carbons (Fsp3) is 0.111. The van der Waals surface area contributed by atoms with Crippen molar-refractivity contribution in [2.75, 3.05) is 5.32 Å². The lowest BCUT2D eigenvalue weighted by Gasteiger charge is -2.08. The van der Waals surface area contributed by atoms with Gasteiger partial charge < -0.3 is 10.6 Å². The first kappa shape index (κ1) is 12.2. The van der Waals surface area contributed by atoms with E-state index in [-0.39, 0.29) is 11.0 Å². The van der Waals surface area contributed by atoms with Gasteiger partial charge in [0.1, 0.15) is 0 Å². The van der Waals surface area contributed by atoms with Crippen molar-refractivity contribution in [1.82, 2.24) is 5.32 Å². The molecule has 0 unspecified atom stereocenters. The van der Waals surface area contributed by atoms with Gasteiger partial charge in [0, 0.05) is 12.6 Å². The van der Waals surface area contributed by atoms with Crippen LogP contribution in [0.5, 0.6) is 0 Å². The minimum absolute atomic E-state index is 0.223. The molecule has 6 heteroatoms. The summed E-state index contributed by atoms with van der Waals surface area (Å²) < 4.78 is 0. The number of carbonyl (C=O) groups excluding carboxylic acids is 1. The Hall–Kier alpha value is -0.840. The second-order valence-electron chi connectivity index (χ2n) is 2.76. The maximum Gasteiger partial charge on any atom is 0.222 e. The molecule has 2 N–H and O–H groups in total. The number of rotatable bonds is 1. The van der Waals surface area contributed by atoms with Crippen LogP contribution in [0.4, 0.5) is 5.69 Å². The quantitative estimate of drug-likeness (QED) is 0.765. The fourth-order valence-corrected chi connectivity index (χ4v) is 1.46. The molecule has 0 aliphatic rings. The van der Waals surface area contributed by atoms with E-state index in [2.05, 4.69) is 10.6 Å². The van der Waals surface area contributed by atoms with Gasteiger partial charge in [0.15, 0.2) is 5.11 Å². The van der Waals surface area contributed by atoms with Crippen molar-refractivity contribution in [2.45, 2.75) is 6.92 Å². The summed E-state index contributed by atoms with van der Waals surface area (Å²) in [5, 5.41) is 6.34. The minimum atomic E-state index is -0.229. The average Bonchev–Trinajstić information content (AvgIpc) is 2.10. The van der Waals surface area contributed by atoms with Crippen LogP contribution in [0.25, 0.3) is 0 Å². The van der Waals surface area contributed by atoms with E-state index in [1.165, 1.54) is 6.92 Å². The van der Waals surface area contributed by atoms with Crippen LogP contribution in [-0.4, -0.2) is 11.0 Å². The Balaban J connectivity index is 2.69. The van der Waals surface area contributed by atoms with E-state index in [9.17, 15) is 4.79 Å².